The zero-order chi connectivity index (χ0) is 16.8. The average Bonchev–Trinajstić information content (AvgIpc) is 2.55. The molecule has 2 rings (SSSR count). The SMILES string of the molecule is Cc1cc(C)c(/C=C/C(=O)c2ccc(OCC#N)cc2)cc1C. The number of benzene rings is 2. The highest BCUT2D eigenvalue weighted by Gasteiger charge is 2.04. The number of rotatable bonds is 5. The molecular weight excluding hydrogens is 286 g/mol. The number of nitriles is 1. The minimum absolute atomic E-state index is 0.000746. The highest BCUT2D eigenvalue weighted by molar-refractivity contribution is 6.06. The smallest absolute Gasteiger partial charge is 0.185 e. The molecule has 0 aromatic heterocycles. The summed E-state index contributed by atoms with van der Waals surface area (Å²) in [5.74, 6) is 0.520. The predicted molar refractivity (Wildman–Crippen MR) is 91.6 cm³/mol. The van der Waals surface area contributed by atoms with Crippen molar-refractivity contribution in [2.75, 3.05) is 6.61 Å². The van der Waals surface area contributed by atoms with Crippen molar-refractivity contribution in [3.8, 4) is 11.8 Å². The second kappa shape index (κ2) is 7.42. The fraction of sp³-hybridized carbons (Fsp3) is 0.200. The van der Waals surface area contributed by atoms with Gasteiger partial charge in [0, 0.05) is 5.56 Å². The van der Waals surface area contributed by atoms with Gasteiger partial charge in [0.25, 0.3) is 0 Å². The van der Waals surface area contributed by atoms with Gasteiger partial charge in [0.05, 0.1) is 0 Å². The maximum absolute atomic E-state index is 12.2. The first-order valence-electron chi connectivity index (χ1n) is 7.41. The van der Waals surface area contributed by atoms with Gasteiger partial charge in [-0.25, -0.2) is 0 Å². The molecule has 2 aromatic rings. The summed E-state index contributed by atoms with van der Waals surface area (Å²) in [5, 5.41) is 8.47. The van der Waals surface area contributed by atoms with Crippen LogP contribution in [0.25, 0.3) is 6.08 Å². The fourth-order valence-electron chi connectivity index (χ4n) is 2.26. The maximum atomic E-state index is 12.2. The number of carbonyl (C=O) groups is 1. The van der Waals surface area contributed by atoms with E-state index in [1.807, 2.05) is 19.1 Å². The number of hydrogen-bond donors (Lipinski definition) is 0. The van der Waals surface area contributed by atoms with Gasteiger partial charge in [-0.3, -0.25) is 4.79 Å². The fourth-order valence-corrected chi connectivity index (χ4v) is 2.26. The lowest BCUT2D eigenvalue weighted by Crippen LogP contribution is -1.97. The zero-order valence-electron chi connectivity index (χ0n) is 13.6. The minimum atomic E-state index is -0.0607. The van der Waals surface area contributed by atoms with Crippen LogP contribution in [0.5, 0.6) is 5.75 Å². The number of aryl methyl sites for hydroxylation is 3. The molecule has 0 saturated carbocycles. The van der Waals surface area contributed by atoms with Crippen molar-refractivity contribution in [2.24, 2.45) is 0 Å². The summed E-state index contributed by atoms with van der Waals surface area (Å²) in [6, 6.07) is 12.9. The lowest BCUT2D eigenvalue weighted by molar-refractivity contribution is 0.104. The molecule has 0 spiro atoms. The van der Waals surface area contributed by atoms with E-state index in [1.54, 1.807) is 30.3 Å². The van der Waals surface area contributed by atoms with Gasteiger partial charge in [-0.2, -0.15) is 5.26 Å². The van der Waals surface area contributed by atoms with E-state index in [-0.39, 0.29) is 12.4 Å². The lowest BCUT2D eigenvalue weighted by Gasteiger charge is -2.06. The van der Waals surface area contributed by atoms with Gasteiger partial charge in [0.1, 0.15) is 11.8 Å². The highest BCUT2D eigenvalue weighted by atomic mass is 16.5. The van der Waals surface area contributed by atoms with Crippen molar-refractivity contribution in [2.45, 2.75) is 20.8 Å². The quantitative estimate of drug-likeness (QED) is 0.607. The highest BCUT2D eigenvalue weighted by Crippen LogP contribution is 2.18. The van der Waals surface area contributed by atoms with Gasteiger partial charge in [0.2, 0.25) is 0 Å². The summed E-state index contributed by atoms with van der Waals surface area (Å²) in [7, 11) is 0. The topological polar surface area (TPSA) is 50.1 Å². The molecule has 0 radical (unpaired) electrons. The molecule has 0 fully saturated rings. The average molecular weight is 305 g/mol. The molecule has 0 unspecified atom stereocenters. The molecule has 0 aliphatic carbocycles. The second-order valence-electron chi connectivity index (χ2n) is 5.46. The van der Waals surface area contributed by atoms with Crippen LogP contribution in [0.3, 0.4) is 0 Å². The van der Waals surface area contributed by atoms with E-state index in [2.05, 4.69) is 26.0 Å². The normalized spacial score (nSPS) is 10.5. The molecule has 0 aliphatic heterocycles. The van der Waals surface area contributed by atoms with Crippen molar-refractivity contribution in [1.29, 1.82) is 5.26 Å². The summed E-state index contributed by atoms with van der Waals surface area (Å²) in [5.41, 5.74) is 5.25. The van der Waals surface area contributed by atoms with Gasteiger partial charge in [0.15, 0.2) is 12.4 Å². The molecule has 116 valence electrons. The third-order valence-electron chi connectivity index (χ3n) is 3.74. The van der Waals surface area contributed by atoms with Crippen LogP contribution in [0.2, 0.25) is 0 Å². The Bertz CT molecular complexity index is 781. The van der Waals surface area contributed by atoms with E-state index < -0.39 is 0 Å². The number of carbonyl (C=O) groups excluding carboxylic acids is 1. The Morgan fingerprint density at radius 2 is 1.74 bits per heavy atom. The molecule has 0 heterocycles. The minimum Gasteiger partial charge on any atom is -0.479 e. The van der Waals surface area contributed by atoms with Crippen LogP contribution in [0.1, 0.15) is 32.6 Å². The van der Waals surface area contributed by atoms with Crippen molar-refractivity contribution in [3.63, 3.8) is 0 Å². The molecule has 0 amide bonds. The Hall–Kier alpha value is -2.86. The Morgan fingerprint density at radius 1 is 1.09 bits per heavy atom. The van der Waals surface area contributed by atoms with Gasteiger partial charge in [-0.05, 0) is 73.4 Å². The van der Waals surface area contributed by atoms with Gasteiger partial charge >= 0.3 is 0 Å². The monoisotopic (exact) mass is 305 g/mol. The van der Waals surface area contributed by atoms with E-state index >= 15 is 0 Å². The first-order chi connectivity index (χ1) is 11.0. The molecule has 0 atom stereocenters. The first-order valence-corrected chi connectivity index (χ1v) is 7.41. The number of nitrogens with zero attached hydrogens (tertiary/aromatic N) is 1. The predicted octanol–water partition coefficient (Wildman–Crippen LogP) is 4.41. The van der Waals surface area contributed by atoms with Crippen LogP contribution < -0.4 is 4.74 Å². The van der Waals surface area contributed by atoms with Crippen molar-refractivity contribution in [1.82, 2.24) is 0 Å². The summed E-state index contributed by atoms with van der Waals surface area (Å²) in [4.78, 5) is 12.2. The van der Waals surface area contributed by atoms with E-state index in [9.17, 15) is 4.79 Å². The summed E-state index contributed by atoms with van der Waals surface area (Å²) >= 11 is 0. The van der Waals surface area contributed by atoms with E-state index in [4.69, 9.17) is 10.00 Å². The van der Waals surface area contributed by atoms with Gasteiger partial charge in [-0.1, -0.05) is 18.2 Å². The van der Waals surface area contributed by atoms with E-state index in [0.29, 0.717) is 11.3 Å². The van der Waals surface area contributed by atoms with Crippen LogP contribution in [-0.4, -0.2) is 12.4 Å². The van der Waals surface area contributed by atoms with Crippen LogP contribution in [0.15, 0.2) is 42.5 Å². The molecule has 3 heteroatoms. The molecule has 0 aliphatic rings. The zero-order valence-corrected chi connectivity index (χ0v) is 13.6. The largest absolute Gasteiger partial charge is 0.479 e. The number of ether oxygens (including phenoxy) is 1. The lowest BCUT2D eigenvalue weighted by atomic mass is 10.00. The van der Waals surface area contributed by atoms with Crippen molar-refractivity contribution < 1.29 is 9.53 Å². The molecule has 0 N–H and O–H groups in total. The molecule has 2 aromatic carbocycles. The van der Waals surface area contributed by atoms with Crippen molar-refractivity contribution >= 4 is 11.9 Å². The van der Waals surface area contributed by atoms with Crippen LogP contribution >= 0.6 is 0 Å². The first kappa shape index (κ1) is 16.5. The third-order valence-corrected chi connectivity index (χ3v) is 3.74. The molecule has 0 bridgehead atoms. The van der Waals surface area contributed by atoms with Crippen LogP contribution in [0.4, 0.5) is 0 Å². The Kier molecular flexibility index (Phi) is 5.32. The van der Waals surface area contributed by atoms with Crippen molar-refractivity contribution in [3.05, 3.63) is 70.3 Å². The Morgan fingerprint density at radius 3 is 2.39 bits per heavy atom. The standard InChI is InChI=1S/C20H19NO2/c1-14-12-16(3)18(13-15(14)2)6-9-20(22)17-4-7-19(8-5-17)23-11-10-21/h4-9,12-13H,11H2,1-3H3/b9-6+. The Balaban J connectivity index is 2.12. The van der Waals surface area contributed by atoms with Gasteiger partial charge in [-0.15, -0.1) is 0 Å². The Labute approximate surface area is 136 Å². The van der Waals surface area contributed by atoms with Gasteiger partial charge < -0.3 is 4.74 Å². The maximum Gasteiger partial charge on any atom is 0.185 e. The molecule has 23 heavy (non-hydrogen) atoms. The third kappa shape index (κ3) is 4.31. The van der Waals surface area contributed by atoms with E-state index in [0.717, 1.165) is 11.1 Å². The molecular formula is C20H19NO2. The summed E-state index contributed by atoms with van der Waals surface area (Å²) in [6.45, 7) is 6.18. The second-order valence-corrected chi connectivity index (χ2v) is 5.46. The van der Waals surface area contributed by atoms with Crippen LogP contribution in [0, 0.1) is 32.1 Å². The number of hydrogen-bond acceptors (Lipinski definition) is 3. The number of ketones is 1. The van der Waals surface area contributed by atoms with Crippen LogP contribution in [-0.2, 0) is 0 Å². The molecule has 0 saturated heterocycles. The number of allylic oxidation sites excluding steroid dienone is 1. The summed E-state index contributed by atoms with van der Waals surface area (Å²) in [6.07, 6.45) is 3.44. The van der Waals surface area contributed by atoms with E-state index in [1.165, 1.54) is 11.1 Å². The summed E-state index contributed by atoms with van der Waals surface area (Å²) < 4.78 is 5.17. The molecule has 3 nitrogen and oxygen atoms in total.